The largest absolute Gasteiger partial charge is 0.329 e. The second-order valence-electron chi connectivity index (χ2n) is 5.18. The molecule has 0 radical (unpaired) electrons. The molecule has 0 atom stereocenters. The highest BCUT2D eigenvalue weighted by Crippen LogP contribution is 2.22. The van der Waals surface area contributed by atoms with Crippen molar-refractivity contribution in [1.82, 2.24) is 14.5 Å². The van der Waals surface area contributed by atoms with E-state index in [1.165, 1.54) is 10.8 Å². The highest BCUT2D eigenvalue weighted by molar-refractivity contribution is 7.71. The number of imidazole rings is 1. The number of fused-ring (bicyclic) bond motifs is 2. The fraction of sp³-hybridized carbons (Fsp3) is 0.0588. The van der Waals surface area contributed by atoms with Crippen LogP contribution in [0.1, 0.15) is 5.56 Å². The lowest BCUT2D eigenvalue weighted by atomic mass is 10.1. The van der Waals surface area contributed by atoms with Crippen LogP contribution < -0.4 is 0 Å². The smallest absolute Gasteiger partial charge is 0.183 e. The first-order valence-electron chi connectivity index (χ1n) is 6.79. The number of rotatable bonds is 1. The number of nitrogens with zero attached hydrogens (tertiary/aromatic N) is 2. The molecule has 4 aromatic rings. The van der Waals surface area contributed by atoms with E-state index in [4.69, 9.17) is 12.2 Å². The Kier molecular flexibility index (Phi) is 2.65. The van der Waals surface area contributed by atoms with Crippen molar-refractivity contribution < 1.29 is 0 Å². The molecule has 0 saturated heterocycles. The van der Waals surface area contributed by atoms with E-state index in [0.29, 0.717) is 4.77 Å². The molecular weight excluding hydrogens is 278 g/mol. The van der Waals surface area contributed by atoms with Crippen LogP contribution in [0.4, 0.5) is 0 Å². The van der Waals surface area contributed by atoms with Crippen LogP contribution in [0, 0.1) is 11.7 Å². The van der Waals surface area contributed by atoms with E-state index in [2.05, 4.69) is 46.4 Å². The maximum absolute atomic E-state index is 5.47. The molecule has 2 aromatic carbocycles. The number of aromatic amines is 1. The Balaban J connectivity index is 2.03. The van der Waals surface area contributed by atoms with Crippen molar-refractivity contribution in [2.75, 3.05) is 0 Å². The van der Waals surface area contributed by atoms with Crippen LogP contribution in [0.3, 0.4) is 0 Å². The topological polar surface area (TPSA) is 33.6 Å². The molecule has 0 bridgehead atoms. The van der Waals surface area contributed by atoms with Gasteiger partial charge in [0, 0.05) is 6.20 Å². The molecule has 1 N–H and O–H groups in total. The lowest BCUT2D eigenvalue weighted by Gasteiger charge is -2.06. The fourth-order valence-corrected chi connectivity index (χ4v) is 2.96. The van der Waals surface area contributed by atoms with E-state index >= 15 is 0 Å². The standard InChI is InChI=1S/C17H13N3S/c1-11-8-15-16(18-10-11)20(17(21)19-15)14-7-6-12-4-2-3-5-13(12)9-14/h2-10H,1H3,(H,19,21). The minimum atomic E-state index is 0.665. The van der Waals surface area contributed by atoms with Crippen LogP contribution in [0.15, 0.2) is 54.7 Å². The number of pyridine rings is 1. The number of aromatic nitrogens is 3. The Bertz CT molecular complexity index is 1030. The number of benzene rings is 2. The van der Waals surface area contributed by atoms with Crippen LogP contribution in [0.2, 0.25) is 0 Å². The molecule has 0 unspecified atom stereocenters. The number of aryl methyl sites for hydroxylation is 1. The average molecular weight is 291 g/mol. The molecule has 2 heterocycles. The van der Waals surface area contributed by atoms with E-state index in [1.807, 2.05) is 29.8 Å². The summed E-state index contributed by atoms with van der Waals surface area (Å²) < 4.78 is 2.65. The summed E-state index contributed by atoms with van der Waals surface area (Å²) in [6, 6.07) is 16.7. The molecule has 0 aliphatic heterocycles. The summed E-state index contributed by atoms with van der Waals surface area (Å²) in [5.74, 6) is 0. The number of nitrogens with one attached hydrogen (secondary N) is 1. The van der Waals surface area contributed by atoms with Gasteiger partial charge in [0.2, 0.25) is 0 Å². The van der Waals surface area contributed by atoms with Crippen molar-refractivity contribution in [3.05, 3.63) is 65.1 Å². The summed E-state index contributed by atoms with van der Waals surface area (Å²) >= 11 is 5.47. The molecule has 0 amide bonds. The van der Waals surface area contributed by atoms with Gasteiger partial charge in [-0.1, -0.05) is 30.3 Å². The Labute approximate surface area is 126 Å². The maximum atomic E-state index is 5.47. The predicted molar refractivity (Wildman–Crippen MR) is 88.5 cm³/mol. The van der Waals surface area contributed by atoms with Gasteiger partial charge in [0.15, 0.2) is 10.4 Å². The number of H-pyrrole nitrogens is 1. The normalized spacial score (nSPS) is 11.3. The Morgan fingerprint density at radius 1 is 1.05 bits per heavy atom. The molecule has 0 saturated carbocycles. The maximum Gasteiger partial charge on any atom is 0.183 e. The molecule has 102 valence electrons. The van der Waals surface area contributed by atoms with Crippen molar-refractivity contribution in [3.63, 3.8) is 0 Å². The molecule has 3 nitrogen and oxygen atoms in total. The van der Waals surface area contributed by atoms with Crippen molar-refractivity contribution in [2.45, 2.75) is 6.92 Å². The first-order valence-corrected chi connectivity index (χ1v) is 7.20. The van der Waals surface area contributed by atoms with E-state index in [1.54, 1.807) is 0 Å². The zero-order valence-corrected chi connectivity index (χ0v) is 12.3. The summed E-state index contributed by atoms with van der Waals surface area (Å²) in [5.41, 5.74) is 3.97. The summed E-state index contributed by atoms with van der Waals surface area (Å²) in [5, 5.41) is 2.41. The third kappa shape index (κ3) is 1.96. The third-order valence-corrected chi connectivity index (χ3v) is 3.94. The molecule has 4 rings (SSSR count). The van der Waals surface area contributed by atoms with Gasteiger partial charge < -0.3 is 4.98 Å². The number of hydrogen-bond donors (Lipinski definition) is 1. The van der Waals surface area contributed by atoms with Gasteiger partial charge in [0.1, 0.15) is 0 Å². The quantitative estimate of drug-likeness (QED) is 0.522. The minimum absolute atomic E-state index is 0.665. The van der Waals surface area contributed by atoms with Crippen LogP contribution in [-0.4, -0.2) is 14.5 Å². The molecule has 21 heavy (non-hydrogen) atoms. The summed E-state index contributed by atoms with van der Waals surface area (Å²) in [6.07, 6.45) is 1.86. The van der Waals surface area contributed by atoms with Gasteiger partial charge in [-0.2, -0.15) is 0 Å². The Morgan fingerprint density at radius 3 is 2.71 bits per heavy atom. The highest BCUT2D eigenvalue weighted by Gasteiger charge is 2.08. The molecule has 4 heteroatoms. The van der Waals surface area contributed by atoms with Gasteiger partial charge in [-0.3, -0.25) is 4.57 Å². The Hall–Kier alpha value is -2.46. The molecular formula is C17H13N3S. The van der Waals surface area contributed by atoms with Gasteiger partial charge in [-0.15, -0.1) is 0 Å². The second kappa shape index (κ2) is 4.53. The third-order valence-electron chi connectivity index (χ3n) is 3.65. The van der Waals surface area contributed by atoms with Crippen LogP contribution >= 0.6 is 12.2 Å². The van der Waals surface area contributed by atoms with Gasteiger partial charge >= 0.3 is 0 Å². The minimum Gasteiger partial charge on any atom is -0.329 e. The van der Waals surface area contributed by atoms with Crippen LogP contribution in [-0.2, 0) is 0 Å². The van der Waals surface area contributed by atoms with E-state index < -0.39 is 0 Å². The van der Waals surface area contributed by atoms with E-state index in [9.17, 15) is 0 Å². The first-order chi connectivity index (χ1) is 10.2. The van der Waals surface area contributed by atoms with Gasteiger partial charge in [0.25, 0.3) is 0 Å². The zero-order valence-electron chi connectivity index (χ0n) is 11.5. The molecule has 0 aliphatic carbocycles. The summed E-state index contributed by atoms with van der Waals surface area (Å²) in [7, 11) is 0. The molecule has 0 spiro atoms. The Morgan fingerprint density at radius 2 is 1.86 bits per heavy atom. The first kappa shape index (κ1) is 12.3. The van der Waals surface area contributed by atoms with Crippen molar-refractivity contribution in [3.8, 4) is 5.69 Å². The monoisotopic (exact) mass is 291 g/mol. The lowest BCUT2D eigenvalue weighted by molar-refractivity contribution is 1.05. The van der Waals surface area contributed by atoms with Crippen LogP contribution in [0.25, 0.3) is 27.6 Å². The van der Waals surface area contributed by atoms with Gasteiger partial charge in [-0.25, -0.2) is 4.98 Å². The summed E-state index contributed by atoms with van der Waals surface area (Å²) in [4.78, 5) is 7.75. The van der Waals surface area contributed by atoms with Crippen molar-refractivity contribution in [1.29, 1.82) is 0 Å². The van der Waals surface area contributed by atoms with Gasteiger partial charge in [0.05, 0.1) is 11.2 Å². The molecule has 0 aliphatic rings. The predicted octanol–water partition coefficient (Wildman–Crippen LogP) is 4.54. The van der Waals surface area contributed by atoms with Crippen molar-refractivity contribution >= 4 is 34.2 Å². The fourth-order valence-electron chi connectivity index (χ4n) is 2.65. The molecule has 2 aromatic heterocycles. The highest BCUT2D eigenvalue weighted by atomic mass is 32.1. The zero-order chi connectivity index (χ0) is 14.4. The SMILES string of the molecule is Cc1cnc2c(c1)[nH]c(=S)n2-c1ccc2ccccc2c1. The lowest BCUT2D eigenvalue weighted by Crippen LogP contribution is -1.95. The second-order valence-corrected chi connectivity index (χ2v) is 5.57. The van der Waals surface area contributed by atoms with Crippen molar-refractivity contribution in [2.24, 2.45) is 0 Å². The number of hydrogen-bond acceptors (Lipinski definition) is 2. The van der Waals surface area contributed by atoms with Crippen LogP contribution in [0.5, 0.6) is 0 Å². The average Bonchev–Trinajstić information content (AvgIpc) is 2.81. The summed E-state index contributed by atoms with van der Waals surface area (Å²) in [6.45, 7) is 2.02. The van der Waals surface area contributed by atoms with E-state index in [-0.39, 0.29) is 0 Å². The van der Waals surface area contributed by atoms with E-state index in [0.717, 1.165) is 22.4 Å². The van der Waals surface area contributed by atoms with Gasteiger partial charge in [-0.05, 0) is 53.7 Å². The molecule has 0 fully saturated rings.